The molecule has 0 rings (SSSR count). The Morgan fingerprint density at radius 2 is 2.20 bits per heavy atom. The van der Waals surface area contributed by atoms with Gasteiger partial charge < -0.3 is 9.69 Å². The molecular weight excluding hydrogens is 241 g/mol. The van der Waals surface area contributed by atoms with Gasteiger partial charge in [-0.2, -0.15) is 0 Å². The molecule has 0 saturated heterocycles. The first-order valence-corrected chi connectivity index (χ1v) is 6.72. The molecule has 15 heavy (non-hydrogen) atoms. The molecule has 0 fully saturated rings. The third kappa shape index (κ3) is 6.81. The molecule has 0 aliphatic carbocycles. The highest BCUT2D eigenvalue weighted by Gasteiger charge is 2.27. The van der Waals surface area contributed by atoms with Gasteiger partial charge in [0.1, 0.15) is 6.29 Å². The van der Waals surface area contributed by atoms with Crippen LogP contribution in [0.25, 0.3) is 0 Å². The molecule has 6 nitrogen and oxygen atoms in total. The lowest BCUT2D eigenvalue weighted by molar-refractivity contribution is -0.126. The second kappa shape index (κ2) is 5.77. The lowest BCUT2D eigenvalue weighted by atomic mass is 9.98. The maximum absolute atomic E-state index is 11.3. The number of aldehydes is 1. The van der Waals surface area contributed by atoms with Crippen LogP contribution in [0.1, 0.15) is 13.8 Å². The molecule has 0 spiro atoms. The van der Waals surface area contributed by atoms with Crippen molar-refractivity contribution in [2.24, 2.45) is 10.9 Å². The maximum Gasteiger partial charge on any atom is 0.400 e. The molecule has 1 unspecified atom stereocenters. The minimum Gasteiger partial charge on any atom is -0.313 e. The van der Waals surface area contributed by atoms with Gasteiger partial charge in [0.25, 0.3) is 0 Å². The summed E-state index contributed by atoms with van der Waals surface area (Å²) in [6, 6.07) is 0. The summed E-state index contributed by atoms with van der Waals surface area (Å²) in [7, 11) is -3.97. The van der Waals surface area contributed by atoms with Gasteiger partial charge >= 0.3 is 7.75 Å². The number of rotatable bonds is 6. The summed E-state index contributed by atoms with van der Waals surface area (Å²) in [5, 5.41) is -0.314. The van der Waals surface area contributed by atoms with Gasteiger partial charge in [-0.1, -0.05) is 11.8 Å². The molecule has 8 heteroatoms. The second-order valence-electron chi connectivity index (χ2n) is 3.37. The van der Waals surface area contributed by atoms with Crippen molar-refractivity contribution >= 4 is 30.9 Å². The number of hydrogen-bond acceptors (Lipinski definition) is 5. The van der Waals surface area contributed by atoms with E-state index in [1.807, 2.05) is 0 Å². The van der Waals surface area contributed by atoms with Crippen LogP contribution in [0.15, 0.2) is 0 Å². The molecule has 0 bridgehead atoms. The fraction of sp³-hybridized carbons (Fsp3) is 0.714. The van der Waals surface area contributed by atoms with Crippen molar-refractivity contribution in [3.63, 3.8) is 0 Å². The Labute approximate surface area is 92.1 Å². The van der Waals surface area contributed by atoms with Crippen molar-refractivity contribution in [2.75, 3.05) is 12.4 Å². The highest BCUT2D eigenvalue weighted by atomic mass is 32.2. The highest BCUT2D eigenvalue weighted by Crippen LogP contribution is 2.31. The van der Waals surface area contributed by atoms with E-state index in [2.05, 4.69) is 4.52 Å². The lowest BCUT2D eigenvalue weighted by Crippen LogP contribution is -2.23. The Hall–Kier alpha value is -0.200. The molecule has 0 aromatic carbocycles. The van der Waals surface area contributed by atoms with Crippen molar-refractivity contribution in [2.45, 2.75) is 13.8 Å². The molecule has 0 radical (unpaired) electrons. The normalized spacial score (nSPS) is 15.7. The first kappa shape index (κ1) is 14.8. The molecule has 0 aliphatic heterocycles. The number of thioether (sulfide) groups is 1. The van der Waals surface area contributed by atoms with Gasteiger partial charge in [-0.15, -0.1) is 0 Å². The van der Waals surface area contributed by atoms with E-state index >= 15 is 0 Å². The average molecular weight is 255 g/mol. The minimum atomic E-state index is -3.97. The van der Waals surface area contributed by atoms with Crippen LogP contribution < -0.4 is 5.50 Å². The smallest absolute Gasteiger partial charge is 0.313 e. The van der Waals surface area contributed by atoms with Crippen LogP contribution in [0, 0.1) is 5.41 Å². The Morgan fingerprint density at radius 3 is 2.60 bits per heavy atom. The average Bonchev–Trinajstić information content (AvgIpc) is 2.10. The Morgan fingerprint density at radius 1 is 1.67 bits per heavy atom. The van der Waals surface area contributed by atoms with E-state index < -0.39 is 13.2 Å². The van der Waals surface area contributed by atoms with Gasteiger partial charge in [0.15, 0.2) is 0 Å². The fourth-order valence-electron chi connectivity index (χ4n) is 0.537. The lowest BCUT2D eigenvalue weighted by Gasteiger charge is -2.14. The summed E-state index contributed by atoms with van der Waals surface area (Å²) >= 11 is 0.866. The molecule has 0 aromatic heterocycles. The van der Waals surface area contributed by atoms with Crippen LogP contribution in [0.3, 0.4) is 0 Å². The van der Waals surface area contributed by atoms with Crippen molar-refractivity contribution in [1.29, 1.82) is 0 Å². The second-order valence-corrected chi connectivity index (χ2v) is 5.83. The zero-order valence-corrected chi connectivity index (χ0v) is 10.2. The van der Waals surface area contributed by atoms with Gasteiger partial charge in [-0.05, 0) is 13.8 Å². The van der Waals surface area contributed by atoms with Crippen molar-refractivity contribution in [1.82, 2.24) is 0 Å². The van der Waals surface area contributed by atoms with Crippen molar-refractivity contribution in [3.8, 4) is 0 Å². The standard InChI is InChI=1S/C7H14NO5PS/c1-7(2,5-9)6(10)15-4-3-13-14(8,11)12/h5H,3-4H2,1-2H3,(H3,8,11,12). The molecule has 0 saturated carbocycles. The predicted octanol–water partition coefficient (Wildman–Crippen LogP) is 0.547. The quantitative estimate of drug-likeness (QED) is 0.309. The molecule has 3 N–H and O–H groups in total. The SMILES string of the molecule is CC(C)(C=O)C(=O)SCCOP(N)(=O)O. The van der Waals surface area contributed by atoms with E-state index in [-0.39, 0.29) is 17.5 Å². The number of nitrogens with two attached hydrogens (primary N) is 1. The Balaban J connectivity index is 3.84. The van der Waals surface area contributed by atoms with Crippen LogP contribution in [0.2, 0.25) is 0 Å². The zero-order valence-electron chi connectivity index (χ0n) is 8.50. The molecule has 0 aromatic rings. The Kier molecular flexibility index (Phi) is 5.69. The van der Waals surface area contributed by atoms with Gasteiger partial charge in [0.05, 0.1) is 12.0 Å². The molecule has 0 amide bonds. The first-order valence-electron chi connectivity index (χ1n) is 4.08. The monoisotopic (exact) mass is 255 g/mol. The van der Waals surface area contributed by atoms with E-state index in [1.165, 1.54) is 13.8 Å². The molecule has 1 atom stereocenters. The zero-order chi connectivity index (χ0) is 12.1. The summed E-state index contributed by atoms with van der Waals surface area (Å²) in [5.41, 5.74) is 3.66. The van der Waals surface area contributed by atoms with Crippen molar-refractivity contribution in [3.05, 3.63) is 0 Å². The van der Waals surface area contributed by atoms with Crippen molar-refractivity contribution < 1.29 is 23.6 Å². The molecular formula is C7H14NO5PS. The van der Waals surface area contributed by atoms with E-state index in [9.17, 15) is 14.2 Å². The van der Waals surface area contributed by atoms with Gasteiger partial charge in [-0.3, -0.25) is 9.32 Å². The third-order valence-electron chi connectivity index (χ3n) is 1.41. The molecule has 0 aliphatic rings. The number of hydrogen-bond donors (Lipinski definition) is 2. The third-order valence-corrected chi connectivity index (χ3v) is 3.13. The van der Waals surface area contributed by atoms with Crippen LogP contribution in [0.4, 0.5) is 0 Å². The summed E-state index contributed by atoms with van der Waals surface area (Å²) in [6.07, 6.45) is 0.559. The fourth-order valence-corrected chi connectivity index (χ4v) is 1.79. The largest absolute Gasteiger partial charge is 0.400 e. The van der Waals surface area contributed by atoms with Crippen LogP contribution in [-0.4, -0.2) is 28.7 Å². The van der Waals surface area contributed by atoms with E-state index in [1.54, 1.807) is 0 Å². The van der Waals surface area contributed by atoms with Crippen LogP contribution in [0.5, 0.6) is 0 Å². The summed E-state index contributed by atoms with van der Waals surface area (Å²) in [5.74, 6) is 0.178. The summed E-state index contributed by atoms with van der Waals surface area (Å²) in [6.45, 7) is 2.88. The molecule has 88 valence electrons. The van der Waals surface area contributed by atoms with Crippen LogP contribution >= 0.6 is 19.5 Å². The maximum atomic E-state index is 11.3. The predicted molar refractivity (Wildman–Crippen MR) is 57.3 cm³/mol. The van der Waals surface area contributed by atoms with E-state index in [0.717, 1.165) is 11.8 Å². The van der Waals surface area contributed by atoms with Gasteiger partial charge in [0.2, 0.25) is 5.12 Å². The number of carbonyl (C=O) groups is 2. The summed E-state index contributed by atoms with van der Waals surface area (Å²) in [4.78, 5) is 30.4. The van der Waals surface area contributed by atoms with Gasteiger partial charge in [0, 0.05) is 5.75 Å². The minimum absolute atomic E-state index is 0.115. The topological polar surface area (TPSA) is 107 Å². The highest BCUT2D eigenvalue weighted by molar-refractivity contribution is 8.13. The first-order chi connectivity index (χ1) is 6.69. The number of carbonyl (C=O) groups excluding carboxylic acids is 2. The Bertz CT molecular complexity index is 287. The molecule has 0 heterocycles. The van der Waals surface area contributed by atoms with Crippen LogP contribution in [-0.2, 0) is 18.7 Å². The summed E-state index contributed by atoms with van der Waals surface area (Å²) < 4.78 is 14.8. The van der Waals surface area contributed by atoms with Gasteiger partial charge in [-0.25, -0.2) is 10.1 Å². The van der Waals surface area contributed by atoms with E-state index in [4.69, 9.17) is 10.4 Å². The van der Waals surface area contributed by atoms with E-state index in [0.29, 0.717) is 6.29 Å².